The van der Waals surface area contributed by atoms with Crippen LogP contribution >= 0.6 is 0 Å². The van der Waals surface area contributed by atoms with Gasteiger partial charge in [0.15, 0.2) is 0 Å². The minimum Gasteiger partial charge on any atom is -0.497 e. The number of methoxy groups -OCH3 is 2. The van der Waals surface area contributed by atoms with E-state index in [1.54, 1.807) is 30.3 Å². The second kappa shape index (κ2) is 6.24. The Labute approximate surface area is 142 Å². The van der Waals surface area contributed by atoms with Gasteiger partial charge in [-0.2, -0.15) is 0 Å². The highest BCUT2D eigenvalue weighted by Crippen LogP contribution is 2.31. The first-order valence-corrected chi connectivity index (χ1v) is 9.01. The van der Waals surface area contributed by atoms with Crippen LogP contribution in [0.25, 0.3) is 0 Å². The van der Waals surface area contributed by atoms with E-state index < -0.39 is 10.0 Å². The third-order valence-electron chi connectivity index (χ3n) is 4.09. The molecule has 0 bridgehead atoms. The van der Waals surface area contributed by atoms with E-state index in [-0.39, 0.29) is 4.90 Å². The Hall–Kier alpha value is -2.41. The van der Waals surface area contributed by atoms with Gasteiger partial charge in [-0.15, -0.1) is 0 Å². The van der Waals surface area contributed by atoms with E-state index in [4.69, 9.17) is 9.47 Å². The van der Waals surface area contributed by atoms with Crippen molar-refractivity contribution in [1.29, 1.82) is 0 Å². The van der Waals surface area contributed by atoms with E-state index in [0.29, 0.717) is 17.2 Å². The van der Waals surface area contributed by atoms with Crippen molar-refractivity contribution in [2.24, 2.45) is 0 Å². The number of hydrogen-bond acceptors (Lipinski definition) is 5. The summed E-state index contributed by atoms with van der Waals surface area (Å²) in [5.74, 6) is 1.03. The molecule has 2 aromatic rings. The van der Waals surface area contributed by atoms with Gasteiger partial charge >= 0.3 is 0 Å². The van der Waals surface area contributed by atoms with Crippen LogP contribution in [-0.4, -0.2) is 36.2 Å². The summed E-state index contributed by atoms with van der Waals surface area (Å²) in [5.41, 5.74) is 2.52. The van der Waals surface area contributed by atoms with Crippen molar-refractivity contribution in [3.63, 3.8) is 0 Å². The third kappa shape index (κ3) is 3.12. The van der Waals surface area contributed by atoms with Gasteiger partial charge in [0, 0.05) is 37.5 Å². The number of nitrogens with one attached hydrogen (secondary N) is 1. The molecule has 0 aliphatic carbocycles. The average molecular weight is 348 g/mol. The molecule has 0 radical (unpaired) electrons. The lowest BCUT2D eigenvalue weighted by Crippen LogP contribution is -2.14. The number of anilines is 2. The van der Waals surface area contributed by atoms with E-state index in [1.165, 1.54) is 14.2 Å². The molecule has 3 rings (SSSR count). The summed E-state index contributed by atoms with van der Waals surface area (Å²) in [6.07, 6.45) is 0.849. The van der Waals surface area contributed by atoms with E-state index in [2.05, 4.69) is 9.62 Å². The van der Waals surface area contributed by atoms with Crippen molar-refractivity contribution >= 4 is 21.4 Å². The number of sulfonamides is 1. The summed E-state index contributed by atoms with van der Waals surface area (Å²) in [6, 6.07) is 10.1. The molecule has 1 aliphatic rings. The lowest BCUT2D eigenvalue weighted by Gasteiger charge is -2.14. The molecule has 1 N–H and O–H groups in total. The largest absolute Gasteiger partial charge is 0.497 e. The van der Waals surface area contributed by atoms with Gasteiger partial charge in [-0.05, 0) is 30.2 Å². The molecule has 7 heteroatoms. The Morgan fingerprint density at radius 2 is 1.71 bits per heavy atom. The quantitative estimate of drug-likeness (QED) is 0.899. The predicted octanol–water partition coefficient (Wildman–Crippen LogP) is 2.50. The molecule has 6 nitrogen and oxygen atoms in total. The molecule has 0 atom stereocenters. The maximum Gasteiger partial charge on any atom is 0.261 e. The van der Waals surface area contributed by atoms with Gasteiger partial charge in [-0.1, -0.05) is 0 Å². The number of nitrogens with zero attached hydrogens (tertiary/aromatic N) is 1. The maximum atomic E-state index is 12.7. The smallest absolute Gasteiger partial charge is 0.261 e. The molecule has 0 spiro atoms. The fraction of sp³-hybridized carbons (Fsp3) is 0.294. The van der Waals surface area contributed by atoms with Crippen LogP contribution in [0.1, 0.15) is 5.56 Å². The summed E-state index contributed by atoms with van der Waals surface area (Å²) in [5, 5.41) is 0. The molecule has 2 aromatic carbocycles. The van der Waals surface area contributed by atoms with Crippen LogP contribution in [0, 0.1) is 0 Å². The van der Waals surface area contributed by atoms with E-state index in [1.807, 2.05) is 13.1 Å². The Morgan fingerprint density at radius 3 is 2.33 bits per heavy atom. The number of fused-ring (bicyclic) bond motifs is 1. The fourth-order valence-corrected chi connectivity index (χ4v) is 3.88. The molecule has 128 valence electrons. The normalized spacial score (nSPS) is 13.5. The zero-order valence-electron chi connectivity index (χ0n) is 13.9. The average Bonchev–Trinajstić information content (AvgIpc) is 2.94. The van der Waals surface area contributed by atoms with Crippen molar-refractivity contribution in [3.8, 4) is 11.5 Å². The van der Waals surface area contributed by atoms with Crippen molar-refractivity contribution in [2.45, 2.75) is 11.3 Å². The number of hydrogen-bond donors (Lipinski definition) is 1. The second-order valence-electron chi connectivity index (χ2n) is 5.67. The molecule has 0 saturated heterocycles. The predicted molar refractivity (Wildman–Crippen MR) is 93.8 cm³/mol. The zero-order valence-corrected chi connectivity index (χ0v) is 14.7. The van der Waals surface area contributed by atoms with E-state index in [0.717, 1.165) is 24.2 Å². The van der Waals surface area contributed by atoms with Gasteiger partial charge in [-0.25, -0.2) is 8.42 Å². The highest BCUT2D eigenvalue weighted by Gasteiger charge is 2.21. The van der Waals surface area contributed by atoms with Crippen LogP contribution in [0.3, 0.4) is 0 Å². The Kier molecular flexibility index (Phi) is 4.28. The molecule has 0 saturated carbocycles. The van der Waals surface area contributed by atoms with Crippen LogP contribution in [0.2, 0.25) is 0 Å². The molecule has 0 fully saturated rings. The Morgan fingerprint density at radius 1 is 1.04 bits per heavy atom. The summed E-state index contributed by atoms with van der Waals surface area (Å²) >= 11 is 0. The Balaban J connectivity index is 1.92. The molecule has 1 heterocycles. The van der Waals surface area contributed by atoms with Crippen LogP contribution in [-0.2, 0) is 16.4 Å². The first kappa shape index (κ1) is 16.4. The standard InChI is InChI=1S/C17H20N2O4S/c1-19-7-6-12-8-16(4-5-17(12)19)24(20,21)18-13-9-14(22-2)11-15(10-13)23-3/h4-5,8-11,18H,6-7H2,1-3H3. The van der Waals surface area contributed by atoms with Crippen LogP contribution in [0.5, 0.6) is 11.5 Å². The Bertz CT molecular complexity index is 843. The van der Waals surface area contributed by atoms with Gasteiger partial charge in [-0.3, -0.25) is 4.72 Å². The molecular formula is C17H20N2O4S. The van der Waals surface area contributed by atoms with Gasteiger partial charge in [0.05, 0.1) is 24.8 Å². The SMILES string of the molecule is COc1cc(NS(=O)(=O)c2ccc3c(c2)CCN3C)cc(OC)c1. The van der Waals surface area contributed by atoms with Gasteiger partial charge in [0.1, 0.15) is 11.5 Å². The highest BCUT2D eigenvalue weighted by atomic mass is 32.2. The summed E-state index contributed by atoms with van der Waals surface area (Å²) in [7, 11) is 1.35. The van der Waals surface area contributed by atoms with Crippen LogP contribution in [0.15, 0.2) is 41.3 Å². The summed E-state index contributed by atoms with van der Waals surface area (Å²) < 4.78 is 38.3. The topological polar surface area (TPSA) is 67.9 Å². The zero-order chi connectivity index (χ0) is 17.3. The maximum absolute atomic E-state index is 12.7. The van der Waals surface area contributed by atoms with E-state index in [9.17, 15) is 8.42 Å². The minimum absolute atomic E-state index is 0.248. The van der Waals surface area contributed by atoms with Crippen molar-refractivity contribution < 1.29 is 17.9 Å². The molecule has 24 heavy (non-hydrogen) atoms. The van der Waals surface area contributed by atoms with Crippen molar-refractivity contribution in [2.75, 3.05) is 37.4 Å². The van der Waals surface area contributed by atoms with Crippen LogP contribution in [0.4, 0.5) is 11.4 Å². The molecular weight excluding hydrogens is 328 g/mol. The number of ether oxygens (including phenoxy) is 2. The van der Waals surface area contributed by atoms with Crippen molar-refractivity contribution in [3.05, 3.63) is 42.0 Å². The van der Waals surface area contributed by atoms with Gasteiger partial charge in [0.2, 0.25) is 0 Å². The first-order chi connectivity index (χ1) is 11.4. The molecule has 0 aromatic heterocycles. The molecule has 0 unspecified atom stereocenters. The van der Waals surface area contributed by atoms with Crippen molar-refractivity contribution in [1.82, 2.24) is 0 Å². The summed E-state index contributed by atoms with van der Waals surface area (Å²) in [6.45, 7) is 0.902. The molecule has 0 amide bonds. The van der Waals surface area contributed by atoms with Gasteiger partial charge < -0.3 is 14.4 Å². The fourth-order valence-electron chi connectivity index (χ4n) is 2.79. The molecule has 1 aliphatic heterocycles. The third-order valence-corrected chi connectivity index (χ3v) is 5.47. The van der Waals surface area contributed by atoms with Crippen LogP contribution < -0.4 is 19.1 Å². The number of benzene rings is 2. The highest BCUT2D eigenvalue weighted by molar-refractivity contribution is 7.92. The van der Waals surface area contributed by atoms with E-state index >= 15 is 0 Å². The minimum atomic E-state index is -3.68. The first-order valence-electron chi connectivity index (χ1n) is 7.53. The lowest BCUT2D eigenvalue weighted by molar-refractivity contribution is 0.395. The number of likely N-dealkylation sites (N-methyl/N-ethyl adjacent to an activating group) is 1. The monoisotopic (exact) mass is 348 g/mol. The number of rotatable bonds is 5. The summed E-state index contributed by atoms with van der Waals surface area (Å²) in [4.78, 5) is 2.37. The second-order valence-corrected chi connectivity index (χ2v) is 7.35. The lowest BCUT2D eigenvalue weighted by atomic mass is 10.2. The van der Waals surface area contributed by atoms with Gasteiger partial charge in [0.25, 0.3) is 10.0 Å².